The first-order valence-corrected chi connectivity index (χ1v) is 4.35. The second-order valence-electron chi connectivity index (χ2n) is 3.23. The number of nitrogens with one attached hydrogen (secondary N) is 1. The summed E-state index contributed by atoms with van der Waals surface area (Å²) in [4.78, 5) is 6.70. The third-order valence-electron chi connectivity index (χ3n) is 2.33. The lowest BCUT2D eigenvalue weighted by Gasteiger charge is -2.11. The average molecular weight is 200 g/mol. The van der Waals surface area contributed by atoms with Crippen molar-refractivity contribution in [3.63, 3.8) is 0 Å². The normalized spacial score (nSPS) is 37.6. The quantitative estimate of drug-likeness (QED) is 0.469. The van der Waals surface area contributed by atoms with Gasteiger partial charge in [0.1, 0.15) is 30.2 Å². The van der Waals surface area contributed by atoms with Crippen molar-refractivity contribution in [3.8, 4) is 0 Å². The standard InChI is InChI=1S/C8H12N2O4/c11-3-4-5(12)6(13)7(14-4)8-9-1-2-10-8/h1-2,4-7,11-13H,3H2,(H,9,10)/t4-,5-,6-,7+/m1/s1. The molecular weight excluding hydrogens is 188 g/mol. The Balaban J connectivity index is 2.16. The lowest BCUT2D eigenvalue weighted by molar-refractivity contribution is -0.0250. The van der Waals surface area contributed by atoms with Crippen LogP contribution in [-0.2, 0) is 4.74 Å². The van der Waals surface area contributed by atoms with E-state index in [0.717, 1.165) is 0 Å². The molecule has 1 saturated heterocycles. The van der Waals surface area contributed by atoms with Crippen molar-refractivity contribution in [1.29, 1.82) is 0 Å². The molecule has 78 valence electrons. The van der Waals surface area contributed by atoms with Crippen LogP contribution < -0.4 is 0 Å². The summed E-state index contributed by atoms with van der Waals surface area (Å²) in [6, 6.07) is 0. The number of rotatable bonds is 2. The van der Waals surface area contributed by atoms with Gasteiger partial charge >= 0.3 is 0 Å². The molecule has 1 aliphatic rings. The molecule has 0 aromatic carbocycles. The number of nitrogens with zero attached hydrogens (tertiary/aromatic N) is 1. The summed E-state index contributed by atoms with van der Waals surface area (Å²) < 4.78 is 5.24. The maximum absolute atomic E-state index is 9.58. The first-order chi connectivity index (χ1) is 6.74. The first-order valence-electron chi connectivity index (χ1n) is 4.35. The second kappa shape index (κ2) is 3.66. The lowest BCUT2D eigenvalue weighted by atomic mass is 10.1. The Hall–Kier alpha value is -0.950. The Labute approximate surface area is 80.2 Å². The van der Waals surface area contributed by atoms with Gasteiger partial charge in [-0.3, -0.25) is 0 Å². The van der Waals surface area contributed by atoms with Gasteiger partial charge in [0.2, 0.25) is 0 Å². The van der Waals surface area contributed by atoms with Gasteiger partial charge in [-0.1, -0.05) is 0 Å². The van der Waals surface area contributed by atoms with Crippen molar-refractivity contribution in [1.82, 2.24) is 9.97 Å². The Morgan fingerprint density at radius 3 is 2.71 bits per heavy atom. The molecule has 4 N–H and O–H groups in total. The van der Waals surface area contributed by atoms with Gasteiger partial charge in [0.15, 0.2) is 0 Å². The minimum Gasteiger partial charge on any atom is -0.394 e. The van der Waals surface area contributed by atoms with Crippen LogP contribution in [0, 0.1) is 0 Å². The Kier molecular flexibility index (Phi) is 2.51. The molecule has 0 bridgehead atoms. The van der Waals surface area contributed by atoms with Crippen LogP contribution in [0.4, 0.5) is 0 Å². The van der Waals surface area contributed by atoms with Gasteiger partial charge in [-0.25, -0.2) is 4.98 Å². The van der Waals surface area contributed by atoms with Gasteiger partial charge in [-0.15, -0.1) is 0 Å². The minimum atomic E-state index is -1.07. The molecule has 0 aliphatic carbocycles. The van der Waals surface area contributed by atoms with Crippen LogP contribution in [0.15, 0.2) is 12.4 Å². The number of aliphatic hydroxyl groups is 3. The molecule has 2 rings (SSSR count). The zero-order valence-electron chi connectivity index (χ0n) is 7.37. The molecule has 1 aliphatic heterocycles. The lowest BCUT2D eigenvalue weighted by Crippen LogP contribution is -2.32. The number of H-pyrrole nitrogens is 1. The van der Waals surface area contributed by atoms with E-state index in [1.165, 1.54) is 6.20 Å². The summed E-state index contributed by atoms with van der Waals surface area (Å²) in [7, 11) is 0. The highest BCUT2D eigenvalue weighted by molar-refractivity contribution is 5.02. The van der Waals surface area contributed by atoms with E-state index >= 15 is 0 Å². The molecule has 2 heterocycles. The van der Waals surface area contributed by atoms with E-state index in [1.807, 2.05) is 0 Å². The predicted octanol–water partition coefficient (Wildman–Crippen LogP) is -1.44. The minimum absolute atomic E-state index is 0.324. The van der Waals surface area contributed by atoms with Crippen molar-refractivity contribution in [2.75, 3.05) is 6.61 Å². The summed E-state index contributed by atoms with van der Waals surface area (Å²) in [5.41, 5.74) is 0. The number of aliphatic hydroxyl groups excluding tert-OH is 3. The summed E-state index contributed by atoms with van der Waals surface area (Å²) in [6.07, 6.45) is -0.445. The van der Waals surface area contributed by atoms with Gasteiger partial charge in [0, 0.05) is 12.4 Å². The Morgan fingerprint density at radius 1 is 1.43 bits per heavy atom. The van der Waals surface area contributed by atoms with Crippen molar-refractivity contribution >= 4 is 0 Å². The van der Waals surface area contributed by atoms with Gasteiger partial charge in [-0.05, 0) is 0 Å². The monoisotopic (exact) mass is 200 g/mol. The van der Waals surface area contributed by atoms with Gasteiger partial charge in [0.25, 0.3) is 0 Å². The van der Waals surface area contributed by atoms with Crippen LogP contribution in [0.2, 0.25) is 0 Å². The number of ether oxygens (including phenoxy) is 1. The molecular formula is C8H12N2O4. The van der Waals surface area contributed by atoms with Gasteiger partial charge < -0.3 is 25.0 Å². The van der Waals surface area contributed by atoms with E-state index in [-0.39, 0.29) is 6.61 Å². The fourth-order valence-electron chi connectivity index (χ4n) is 1.56. The SMILES string of the molecule is OC[C@H]1O[C@H](c2ncc[nH]2)[C@H](O)[C@@H]1O. The van der Waals surface area contributed by atoms with Crippen molar-refractivity contribution in [2.45, 2.75) is 24.4 Å². The molecule has 6 nitrogen and oxygen atoms in total. The number of aromatic amines is 1. The summed E-state index contributed by atoms with van der Waals surface area (Å²) >= 11 is 0. The van der Waals surface area contributed by atoms with Crippen LogP contribution in [0.25, 0.3) is 0 Å². The fourth-order valence-corrected chi connectivity index (χ4v) is 1.56. The highest BCUT2D eigenvalue weighted by Gasteiger charge is 2.44. The molecule has 1 aromatic rings. The van der Waals surface area contributed by atoms with Crippen LogP contribution >= 0.6 is 0 Å². The third-order valence-corrected chi connectivity index (χ3v) is 2.33. The average Bonchev–Trinajstić information content (AvgIpc) is 2.78. The van der Waals surface area contributed by atoms with E-state index in [9.17, 15) is 10.2 Å². The van der Waals surface area contributed by atoms with Crippen LogP contribution in [0.1, 0.15) is 11.9 Å². The van der Waals surface area contributed by atoms with Gasteiger partial charge in [0.05, 0.1) is 6.61 Å². The molecule has 6 heteroatoms. The van der Waals surface area contributed by atoms with E-state index in [2.05, 4.69) is 9.97 Å². The van der Waals surface area contributed by atoms with Crippen LogP contribution in [0.3, 0.4) is 0 Å². The van der Waals surface area contributed by atoms with Crippen LogP contribution in [0.5, 0.6) is 0 Å². The second-order valence-corrected chi connectivity index (χ2v) is 3.23. The highest BCUT2D eigenvalue weighted by atomic mass is 16.6. The molecule has 1 aromatic heterocycles. The molecule has 0 unspecified atom stereocenters. The number of hydrogen-bond acceptors (Lipinski definition) is 5. The topological polar surface area (TPSA) is 98.6 Å². The molecule has 0 amide bonds. The maximum Gasteiger partial charge on any atom is 0.144 e. The highest BCUT2D eigenvalue weighted by Crippen LogP contribution is 2.31. The number of imidazole rings is 1. The number of hydrogen-bond donors (Lipinski definition) is 4. The summed E-state index contributed by atoms with van der Waals surface area (Å²) in [5, 5.41) is 27.9. The molecule has 1 fully saturated rings. The zero-order valence-corrected chi connectivity index (χ0v) is 7.37. The van der Waals surface area contributed by atoms with E-state index < -0.39 is 24.4 Å². The number of aromatic nitrogens is 2. The van der Waals surface area contributed by atoms with Crippen LogP contribution in [-0.4, -0.2) is 50.2 Å². The largest absolute Gasteiger partial charge is 0.394 e. The summed E-state index contributed by atoms with van der Waals surface area (Å²) in [6.45, 7) is -0.324. The summed E-state index contributed by atoms with van der Waals surface area (Å²) in [5.74, 6) is 0.451. The zero-order chi connectivity index (χ0) is 10.1. The van der Waals surface area contributed by atoms with Crippen molar-refractivity contribution in [3.05, 3.63) is 18.2 Å². The van der Waals surface area contributed by atoms with Crippen molar-refractivity contribution < 1.29 is 20.1 Å². The fraction of sp³-hybridized carbons (Fsp3) is 0.625. The van der Waals surface area contributed by atoms with Gasteiger partial charge in [-0.2, -0.15) is 0 Å². The predicted molar refractivity (Wildman–Crippen MR) is 45.3 cm³/mol. The molecule has 0 radical (unpaired) electrons. The Bertz CT molecular complexity index is 290. The van der Waals surface area contributed by atoms with Crippen molar-refractivity contribution in [2.24, 2.45) is 0 Å². The van der Waals surface area contributed by atoms with E-state index in [0.29, 0.717) is 5.82 Å². The first kappa shape index (κ1) is 9.60. The third kappa shape index (κ3) is 1.42. The molecule has 4 atom stereocenters. The van der Waals surface area contributed by atoms with E-state index in [4.69, 9.17) is 9.84 Å². The maximum atomic E-state index is 9.58. The molecule has 0 spiro atoms. The molecule has 0 saturated carbocycles. The van der Waals surface area contributed by atoms with E-state index in [1.54, 1.807) is 6.20 Å². The Morgan fingerprint density at radius 2 is 2.21 bits per heavy atom. The molecule has 14 heavy (non-hydrogen) atoms. The smallest absolute Gasteiger partial charge is 0.144 e.